The van der Waals surface area contributed by atoms with E-state index in [0.717, 1.165) is 64.4 Å². The average Bonchev–Trinajstić information content (AvgIpc) is 3.35. The molecule has 4 bridgehead atoms. The second-order valence-electron chi connectivity index (χ2n) is 14.1. The third kappa shape index (κ3) is 4.66. The monoisotopic (exact) mass is 637 g/mol. The van der Waals surface area contributed by atoms with Crippen LogP contribution in [0.15, 0.2) is 127 Å². The van der Waals surface area contributed by atoms with Crippen molar-refractivity contribution in [1.82, 2.24) is 0 Å². The molecule has 5 aromatic rings. The van der Waals surface area contributed by atoms with Crippen molar-refractivity contribution < 1.29 is 33.0 Å². The maximum absolute atomic E-state index is 14.2. The first kappa shape index (κ1) is 29.2. The molecule has 4 aromatic carbocycles. The molecule has 1 unspecified atom stereocenters. The summed E-state index contributed by atoms with van der Waals surface area (Å²) in [7, 11) is 0. The second-order valence-corrected chi connectivity index (χ2v) is 14.1. The van der Waals surface area contributed by atoms with E-state index in [4.69, 9.17) is 14.0 Å². The van der Waals surface area contributed by atoms with Gasteiger partial charge >= 0.3 is 12.5 Å². The van der Waals surface area contributed by atoms with Crippen LogP contribution < -0.4 is 13.9 Å². The quantitative estimate of drug-likeness (QED) is 0.112. The summed E-state index contributed by atoms with van der Waals surface area (Å²) in [5.74, 6) is 1.25. The molecule has 3 fully saturated rings. The number of esters is 1. The zero-order valence-electron chi connectivity index (χ0n) is 26.8. The van der Waals surface area contributed by atoms with E-state index in [2.05, 4.69) is 47.0 Å². The molecule has 10 rings (SSSR count). The van der Waals surface area contributed by atoms with Crippen LogP contribution >= 0.6 is 0 Å². The largest absolute Gasteiger partial charge is 0.676 e. The van der Waals surface area contributed by atoms with Gasteiger partial charge in [-0.05, 0) is 41.5 Å². The minimum Gasteiger partial charge on any atom is -0.676 e. The third-order valence-electron chi connectivity index (χ3n) is 11.2. The fourth-order valence-electron chi connectivity index (χ4n) is 8.93. The van der Waals surface area contributed by atoms with Crippen LogP contribution in [-0.4, -0.2) is 54.3 Å². The molecule has 3 saturated heterocycles. The van der Waals surface area contributed by atoms with E-state index >= 15 is 0 Å². The number of carbonyl (C=O) groups excluding carboxylic acids is 1. The van der Waals surface area contributed by atoms with Gasteiger partial charge in [0.15, 0.2) is 6.10 Å². The van der Waals surface area contributed by atoms with E-state index in [1.54, 1.807) is 24.3 Å². The molecule has 8 heteroatoms. The Morgan fingerprint density at radius 2 is 1.27 bits per heavy atom. The fourth-order valence-corrected chi connectivity index (χ4v) is 8.93. The SMILES string of the molecule is O=C(OC1C[N+]2(C[B-]34C[n+]5c(cccc5-c5ccccc5O3)-c3ccccc3O4)CCC1CC2)C(O)(c1ccccc1)c1ccccc1. The lowest BCUT2D eigenvalue weighted by Gasteiger charge is -2.56. The Kier molecular flexibility index (Phi) is 6.75. The predicted octanol–water partition coefficient (Wildman–Crippen LogP) is 5.70. The summed E-state index contributed by atoms with van der Waals surface area (Å²) < 4.78 is 23.8. The number of aliphatic hydroxyl groups is 1. The summed E-state index contributed by atoms with van der Waals surface area (Å²) in [6.45, 7) is 0.630. The maximum atomic E-state index is 14.2. The van der Waals surface area contributed by atoms with Crippen LogP contribution in [-0.2, 0) is 21.6 Å². The Bertz CT molecular complexity index is 1900. The smallest absolute Gasteiger partial charge is 0.461 e. The first-order valence-corrected chi connectivity index (χ1v) is 17.1. The molecule has 1 N–H and O–H groups in total. The van der Waals surface area contributed by atoms with Crippen molar-refractivity contribution in [2.75, 3.05) is 26.1 Å². The Hall–Kier alpha value is -4.92. The van der Waals surface area contributed by atoms with Crippen LogP contribution in [0.4, 0.5) is 0 Å². The van der Waals surface area contributed by atoms with Gasteiger partial charge in [0.05, 0.1) is 35.7 Å². The Morgan fingerprint density at radius 1 is 0.750 bits per heavy atom. The molecular formula is C40H38BN2O5+. The number of piperidine rings is 3. The fraction of sp³-hybridized carbons (Fsp3) is 0.250. The molecule has 5 aliphatic rings. The highest BCUT2D eigenvalue weighted by atomic mass is 16.6. The van der Waals surface area contributed by atoms with Crippen LogP contribution in [0.25, 0.3) is 22.5 Å². The van der Waals surface area contributed by atoms with Crippen LogP contribution in [0.1, 0.15) is 24.0 Å². The molecule has 0 saturated carbocycles. The zero-order chi connectivity index (χ0) is 32.3. The minimum atomic E-state index is -1.93. The van der Waals surface area contributed by atoms with Crippen molar-refractivity contribution >= 4 is 12.5 Å². The lowest BCUT2D eigenvalue weighted by Crippen LogP contribution is -2.74. The molecule has 48 heavy (non-hydrogen) atoms. The van der Waals surface area contributed by atoms with E-state index in [9.17, 15) is 9.90 Å². The number of fused-ring (bicyclic) bond motifs is 8. The molecule has 240 valence electrons. The summed E-state index contributed by atoms with van der Waals surface area (Å²) in [5.41, 5.74) is 3.40. The number of nitrogens with zero attached hydrogens (tertiary/aromatic N) is 2. The molecule has 0 aliphatic carbocycles. The van der Waals surface area contributed by atoms with Gasteiger partial charge in [0.2, 0.25) is 17.0 Å². The maximum Gasteiger partial charge on any atom is 0.461 e. The molecule has 0 amide bonds. The van der Waals surface area contributed by atoms with E-state index < -0.39 is 18.1 Å². The molecule has 5 aliphatic heterocycles. The van der Waals surface area contributed by atoms with Crippen molar-refractivity contribution in [1.29, 1.82) is 0 Å². The molecular weight excluding hydrogens is 599 g/mol. The highest BCUT2D eigenvalue weighted by Crippen LogP contribution is 2.43. The number of para-hydroxylation sites is 2. The summed E-state index contributed by atoms with van der Waals surface area (Å²) in [6.07, 6.45) is 2.75. The van der Waals surface area contributed by atoms with Crippen LogP contribution in [0.5, 0.6) is 11.5 Å². The van der Waals surface area contributed by atoms with E-state index in [1.807, 2.05) is 60.7 Å². The number of benzene rings is 4. The number of hydrogen-bond acceptors (Lipinski definition) is 5. The normalized spacial score (nSPS) is 22.9. The second kappa shape index (κ2) is 11.1. The van der Waals surface area contributed by atoms with E-state index in [1.165, 1.54) is 0 Å². The van der Waals surface area contributed by atoms with Gasteiger partial charge in [-0.25, -0.2) is 9.36 Å². The minimum absolute atomic E-state index is 0.239. The lowest BCUT2D eigenvalue weighted by molar-refractivity contribution is -0.939. The van der Waals surface area contributed by atoms with Gasteiger partial charge in [-0.1, -0.05) is 84.9 Å². The summed E-state index contributed by atoms with van der Waals surface area (Å²) >= 11 is 0. The topological polar surface area (TPSA) is 68.9 Å². The molecule has 1 atom stereocenters. The molecule has 0 spiro atoms. The first-order valence-electron chi connectivity index (χ1n) is 17.1. The number of aromatic nitrogens is 1. The zero-order valence-corrected chi connectivity index (χ0v) is 26.8. The van der Waals surface area contributed by atoms with Crippen LogP contribution in [0, 0.1) is 5.92 Å². The number of rotatable bonds is 6. The molecule has 0 radical (unpaired) electrons. The van der Waals surface area contributed by atoms with Crippen molar-refractivity contribution in [3.63, 3.8) is 0 Å². The summed E-state index contributed by atoms with van der Waals surface area (Å²) in [5, 5.41) is 12.2. The van der Waals surface area contributed by atoms with Gasteiger partial charge in [0, 0.05) is 37.3 Å². The van der Waals surface area contributed by atoms with Gasteiger partial charge in [-0.2, -0.15) is 0 Å². The predicted molar refractivity (Wildman–Crippen MR) is 183 cm³/mol. The van der Waals surface area contributed by atoms with Crippen molar-refractivity contribution in [2.24, 2.45) is 5.92 Å². The van der Waals surface area contributed by atoms with E-state index in [-0.39, 0.29) is 12.0 Å². The van der Waals surface area contributed by atoms with Gasteiger partial charge in [0.25, 0.3) is 0 Å². The number of pyridine rings is 1. The van der Waals surface area contributed by atoms with Crippen molar-refractivity contribution in [2.45, 2.75) is 31.0 Å². The van der Waals surface area contributed by atoms with Gasteiger partial charge in [-0.15, -0.1) is 0 Å². The van der Waals surface area contributed by atoms with Gasteiger partial charge in [0.1, 0.15) is 13.0 Å². The Morgan fingerprint density at radius 3 is 1.83 bits per heavy atom. The van der Waals surface area contributed by atoms with Crippen LogP contribution in [0.3, 0.4) is 0 Å². The highest BCUT2D eigenvalue weighted by molar-refractivity contribution is 6.67. The Labute approximate surface area is 280 Å². The van der Waals surface area contributed by atoms with Gasteiger partial charge < -0.3 is 23.6 Å². The van der Waals surface area contributed by atoms with Gasteiger partial charge in [-0.3, -0.25) is 0 Å². The van der Waals surface area contributed by atoms with Crippen molar-refractivity contribution in [3.8, 4) is 34.0 Å². The Balaban J connectivity index is 1.08. The standard InChI is InChI=1S/C40H38BN2O5/c44-39(40(45,30-12-3-1-4-13-30)31-14-5-2-6-15-31)46-38-26-43(24-22-29(38)23-25-43)28-41-27-42-34(32-16-7-9-20-36(32)47-41)18-11-19-35(42)33-17-8-10-21-37(33)48-41/h1-21,29,38,45H,22-28H2/q+1. The van der Waals surface area contributed by atoms with E-state index in [0.29, 0.717) is 30.6 Å². The molecule has 7 nitrogen and oxygen atoms in total. The third-order valence-corrected chi connectivity index (χ3v) is 11.2. The number of carbonyl (C=O) groups is 1. The average molecular weight is 638 g/mol. The van der Waals surface area contributed by atoms with Crippen molar-refractivity contribution in [3.05, 3.63) is 139 Å². The highest BCUT2D eigenvalue weighted by Gasteiger charge is 2.56. The number of hydrogen-bond donors (Lipinski definition) is 1. The van der Waals surface area contributed by atoms with Crippen LogP contribution in [0.2, 0.25) is 0 Å². The first-order chi connectivity index (χ1) is 23.5. The number of quaternary nitrogens is 1. The lowest BCUT2D eigenvalue weighted by atomic mass is 9.55. The number of ether oxygens (including phenoxy) is 1. The summed E-state index contributed by atoms with van der Waals surface area (Å²) in [6, 6.07) is 41.2. The molecule has 6 heterocycles. The summed E-state index contributed by atoms with van der Waals surface area (Å²) in [4.78, 5) is 14.2. The molecule has 1 aromatic heterocycles.